The summed E-state index contributed by atoms with van der Waals surface area (Å²) in [6, 6.07) is 2.83. The summed E-state index contributed by atoms with van der Waals surface area (Å²) in [7, 11) is -2.54. The van der Waals surface area contributed by atoms with E-state index in [9.17, 15) is 18.0 Å². The topological polar surface area (TPSA) is 122 Å². The fraction of sp³-hybridized carbons (Fsp3) is 0.467. The van der Waals surface area contributed by atoms with Crippen LogP contribution in [0.1, 0.15) is 17.3 Å². The molecule has 0 saturated carbocycles. The third-order valence-corrected chi connectivity index (χ3v) is 5.65. The normalized spacial score (nSPS) is 16.9. The zero-order valence-corrected chi connectivity index (χ0v) is 14.7. The van der Waals surface area contributed by atoms with E-state index in [1.165, 1.54) is 36.5 Å². The second-order valence-corrected chi connectivity index (χ2v) is 7.32. The van der Waals surface area contributed by atoms with E-state index in [-0.39, 0.29) is 42.5 Å². The van der Waals surface area contributed by atoms with E-state index in [0.29, 0.717) is 0 Å². The number of hydrogen-bond donors (Lipinski definition) is 2. The summed E-state index contributed by atoms with van der Waals surface area (Å²) >= 11 is 0. The van der Waals surface area contributed by atoms with Gasteiger partial charge in [-0.25, -0.2) is 8.42 Å². The minimum absolute atomic E-state index is 0.0285. The molecule has 1 atom stereocenters. The Morgan fingerprint density at radius 1 is 1.32 bits per heavy atom. The highest BCUT2D eigenvalue weighted by Gasteiger charge is 2.30. The molecule has 1 aliphatic rings. The Bertz CT molecular complexity index is 757. The molecule has 1 fully saturated rings. The van der Waals surface area contributed by atoms with Gasteiger partial charge in [0.1, 0.15) is 16.7 Å². The van der Waals surface area contributed by atoms with Crippen LogP contribution < -0.4 is 10.1 Å². The number of amides is 1. The van der Waals surface area contributed by atoms with Crippen molar-refractivity contribution in [3.05, 3.63) is 23.8 Å². The van der Waals surface area contributed by atoms with E-state index in [1.54, 1.807) is 0 Å². The molecule has 2 N–H and O–H groups in total. The number of nitrogens with zero attached hydrogens (tertiary/aromatic N) is 1. The van der Waals surface area contributed by atoms with Crippen molar-refractivity contribution < 1.29 is 32.6 Å². The Hall–Kier alpha value is -2.17. The van der Waals surface area contributed by atoms with Gasteiger partial charge in [0.05, 0.1) is 20.3 Å². The fourth-order valence-corrected chi connectivity index (χ4v) is 3.88. The molecule has 1 aliphatic heterocycles. The summed E-state index contributed by atoms with van der Waals surface area (Å²) in [6.45, 7) is 2.31. The molecule has 9 nitrogen and oxygen atoms in total. The van der Waals surface area contributed by atoms with Crippen molar-refractivity contribution in [1.82, 2.24) is 9.62 Å². The van der Waals surface area contributed by atoms with Crippen molar-refractivity contribution in [2.24, 2.45) is 0 Å². The highest BCUT2D eigenvalue weighted by atomic mass is 32.2. The second kappa shape index (κ2) is 7.81. The molecule has 0 bridgehead atoms. The van der Waals surface area contributed by atoms with Crippen LogP contribution in [-0.4, -0.2) is 69.2 Å². The first-order valence-electron chi connectivity index (χ1n) is 7.57. The minimum atomic E-state index is -3.87. The van der Waals surface area contributed by atoms with Crippen LogP contribution in [-0.2, 0) is 19.6 Å². The highest BCUT2D eigenvalue weighted by Crippen LogP contribution is 2.28. The Balaban J connectivity index is 2.36. The molecule has 138 valence electrons. The number of ether oxygens (including phenoxy) is 2. The number of morpholine rings is 1. The lowest BCUT2D eigenvalue weighted by Gasteiger charge is -2.26. The average Bonchev–Trinajstić information content (AvgIpc) is 2.61. The molecule has 0 spiro atoms. The minimum Gasteiger partial charge on any atom is -0.495 e. The van der Waals surface area contributed by atoms with Crippen LogP contribution >= 0.6 is 0 Å². The molecule has 0 unspecified atom stereocenters. The predicted molar refractivity (Wildman–Crippen MR) is 87.1 cm³/mol. The largest absolute Gasteiger partial charge is 0.495 e. The lowest BCUT2D eigenvalue weighted by molar-refractivity contribution is -0.138. The summed E-state index contributed by atoms with van der Waals surface area (Å²) in [5.74, 6) is -1.77. The van der Waals surface area contributed by atoms with Crippen LogP contribution in [0.3, 0.4) is 0 Å². The van der Waals surface area contributed by atoms with Crippen molar-refractivity contribution >= 4 is 21.9 Å². The monoisotopic (exact) mass is 372 g/mol. The molecule has 0 aliphatic carbocycles. The van der Waals surface area contributed by atoms with E-state index in [1.807, 2.05) is 0 Å². The molecule has 1 aromatic carbocycles. The van der Waals surface area contributed by atoms with Crippen LogP contribution in [0.4, 0.5) is 0 Å². The third kappa shape index (κ3) is 4.27. The molecule has 25 heavy (non-hydrogen) atoms. The van der Waals surface area contributed by atoms with Crippen LogP contribution in [0, 0.1) is 0 Å². The lowest BCUT2D eigenvalue weighted by Crippen LogP contribution is -2.41. The number of sulfonamides is 1. The van der Waals surface area contributed by atoms with Crippen molar-refractivity contribution in [1.29, 1.82) is 0 Å². The van der Waals surface area contributed by atoms with E-state index < -0.39 is 27.9 Å². The third-order valence-electron chi connectivity index (χ3n) is 3.73. The SMILES string of the molecule is COc1ccc(C(=O)N[C@@H](C)C(=O)O)cc1S(=O)(=O)N1CCOCC1. The van der Waals surface area contributed by atoms with Crippen LogP contribution in [0.15, 0.2) is 23.1 Å². The van der Waals surface area contributed by atoms with Crippen LogP contribution in [0.25, 0.3) is 0 Å². The number of carbonyl (C=O) groups is 2. The Labute approximate surface area is 145 Å². The number of carboxylic acids is 1. The predicted octanol–water partition coefficient (Wildman–Crippen LogP) is -0.0810. The van der Waals surface area contributed by atoms with Gasteiger partial charge in [-0.3, -0.25) is 9.59 Å². The van der Waals surface area contributed by atoms with Gasteiger partial charge < -0.3 is 19.9 Å². The van der Waals surface area contributed by atoms with Crippen LogP contribution in [0.2, 0.25) is 0 Å². The summed E-state index contributed by atoms with van der Waals surface area (Å²) in [5.41, 5.74) is 0.0285. The molecule has 1 amide bonds. The molecule has 0 aromatic heterocycles. The molecule has 10 heteroatoms. The maximum atomic E-state index is 12.8. The number of rotatable bonds is 6. The summed E-state index contributed by atoms with van der Waals surface area (Å²) < 4.78 is 37.2. The zero-order valence-electron chi connectivity index (χ0n) is 13.9. The van der Waals surface area contributed by atoms with Crippen molar-refractivity contribution in [3.8, 4) is 5.75 Å². The molecular formula is C15H20N2O7S. The van der Waals surface area contributed by atoms with Crippen molar-refractivity contribution in [3.63, 3.8) is 0 Å². The second-order valence-electron chi connectivity index (χ2n) is 5.42. The van der Waals surface area contributed by atoms with Crippen molar-refractivity contribution in [2.75, 3.05) is 33.4 Å². The van der Waals surface area contributed by atoms with E-state index in [0.717, 1.165) is 0 Å². The summed E-state index contributed by atoms with van der Waals surface area (Å²) in [5, 5.41) is 11.1. The van der Waals surface area contributed by atoms with Gasteiger partial charge in [-0.1, -0.05) is 0 Å². The van der Waals surface area contributed by atoms with Gasteiger partial charge in [0, 0.05) is 18.7 Å². The lowest BCUT2D eigenvalue weighted by atomic mass is 10.2. The summed E-state index contributed by atoms with van der Waals surface area (Å²) in [4.78, 5) is 22.9. The number of aliphatic carboxylic acids is 1. The van der Waals surface area contributed by atoms with E-state index in [2.05, 4.69) is 5.32 Å². The number of methoxy groups -OCH3 is 1. The zero-order chi connectivity index (χ0) is 18.6. The first-order chi connectivity index (χ1) is 11.8. The van der Waals surface area contributed by atoms with Gasteiger partial charge in [0.15, 0.2) is 0 Å². The Morgan fingerprint density at radius 3 is 2.52 bits per heavy atom. The molecule has 1 saturated heterocycles. The van der Waals surface area contributed by atoms with Crippen LogP contribution in [0.5, 0.6) is 5.75 Å². The molecule has 2 rings (SSSR count). The maximum absolute atomic E-state index is 12.8. The summed E-state index contributed by atoms with van der Waals surface area (Å²) in [6.07, 6.45) is 0. The van der Waals surface area contributed by atoms with Gasteiger partial charge in [-0.05, 0) is 25.1 Å². The first-order valence-corrected chi connectivity index (χ1v) is 9.01. The molecule has 1 aromatic rings. The van der Waals surface area contributed by atoms with Gasteiger partial charge in [0.25, 0.3) is 5.91 Å². The number of nitrogens with one attached hydrogen (secondary N) is 1. The van der Waals surface area contributed by atoms with E-state index in [4.69, 9.17) is 14.6 Å². The van der Waals surface area contributed by atoms with Gasteiger partial charge in [-0.2, -0.15) is 4.31 Å². The van der Waals surface area contributed by atoms with Crippen molar-refractivity contribution in [2.45, 2.75) is 17.9 Å². The van der Waals surface area contributed by atoms with Gasteiger partial charge >= 0.3 is 5.97 Å². The van der Waals surface area contributed by atoms with Gasteiger partial charge in [0.2, 0.25) is 10.0 Å². The number of carboxylic acid groups (broad SMARTS) is 1. The Morgan fingerprint density at radius 2 is 1.96 bits per heavy atom. The maximum Gasteiger partial charge on any atom is 0.325 e. The average molecular weight is 372 g/mol. The smallest absolute Gasteiger partial charge is 0.325 e. The number of benzene rings is 1. The number of hydrogen-bond acceptors (Lipinski definition) is 6. The Kier molecular flexibility index (Phi) is 5.98. The standard InChI is InChI=1S/C15H20N2O7S/c1-10(15(19)20)16-14(18)11-3-4-12(23-2)13(9-11)25(21,22)17-5-7-24-8-6-17/h3-4,9-10H,5-8H2,1-2H3,(H,16,18)(H,19,20)/t10-/m0/s1. The van der Waals surface area contributed by atoms with E-state index >= 15 is 0 Å². The first kappa shape index (κ1) is 19.2. The molecule has 0 radical (unpaired) electrons. The molecular weight excluding hydrogens is 352 g/mol. The quantitative estimate of drug-likeness (QED) is 0.716. The molecule has 1 heterocycles. The van der Waals surface area contributed by atoms with Gasteiger partial charge in [-0.15, -0.1) is 0 Å². The fourth-order valence-electron chi connectivity index (χ4n) is 2.29. The number of carbonyl (C=O) groups excluding carboxylic acids is 1. The highest BCUT2D eigenvalue weighted by molar-refractivity contribution is 7.89.